The fraction of sp³-hybridized carbons (Fsp3) is 0.750. The van der Waals surface area contributed by atoms with Crippen molar-refractivity contribution in [1.29, 1.82) is 0 Å². The molecule has 2 aliphatic rings. The van der Waals surface area contributed by atoms with E-state index in [9.17, 15) is 9.90 Å². The Balaban J connectivity index is 1.86. The molecule has 2 atom stereocenters. The normalized spacial score (nSPS) is 40.5. The van der Waals surface area contributed by atoms with Crippen LogP contribution in [0.5, 0.6) is 0 Å². The van der Waals surface area contributed by atoms with Crippen molar-refractivity contribution in [1.82, 2.24) is 9.55 Å². The highest BCUT2D eigenvalue weighted by molar-refractivity contribution is 5.85. The summed E-state index contributed by atoms with van der Waals surface area (Å²) in [4.78, 5) is 16.9. The molecule has 0 spiro atoms. The summed E-state index contributed by atoms with van der Waals surface area (Å²) in [5.74, 6) is 1.14. The monoisotopic (exact) mass is 276 g/mol. The average Bonchev–Trinajstić information content (AvgIpc) is 2.88. The fourth-order valence-corrected chi connectivity index (χ4v) is 4.73. The highest BCUT2D eigenvalue weighted by Crippen LogP contribution is 2.53. The lowest BCUT2D eigenvalue weighted by Gasteiger charge is -2.50. The van der Waals surface area contributed by atoms with Gasteiger partial charge < -0.3 is 5.11 Å². The van der Waals surface area contributed by atoms with Crippen molar-refractivity contribution in [3.8, 4) is 0 Å². The Kier molecular flexibility index (Phi) is 3.24. The van der Waals surface area contributed by atoms with Gasteiger partial charge in [-0.1, -0.05) is 6.92 Å². The largest absolute Gasteiger partial charge is 0.390 e. The minimum absolute atomic E-state index is 0.189. The quantitative estimate of drug-likeness (QED) is 0.903. The van der Waals surface area contributed by atoms with Crippen molar-refractivity contribution in [3.63, 3.8) is 0 Å². The van der Waals surface area contributed by atoms with E-state index >= 15 is 0 Å². The molecule has 2 aliphatic carbocycles. The molecule has 0 aromatic carbocycles. The van der Waals surface area contributed by atoms with Crippen LogP contribution in [0, 0.1) is 17.3 Å². The number of fused-ring (bicyclic) bond motifs is 2. The zero-order chi connectivity index (χ0) is 14.4. The molecule has 0 amide bonds. The topological polar surface area (TPSA) is 55.1 Å². The summed E-state index contributed by atoms with van der Waals surface area (Å²) in [6.07, 6.45) is 10.6. The van der Waals surface area contributed by atoms with E-state index in [0.717, 1.165) is 32.1 Å². The second-order valence-electron chi connectivity index (χ2n) is 7.19. The highest BCUT2D eigenvalue weighted by atomic mass is 16.3. The fourth-order valence-electron chi connectivity index (χ4n) is 4.73. The van der Waals surface area contributed by atoms with Gasteiger partial charge in [-0.15, -0.1) is 0 Å². The minimum Gasteiger partial charge on any atom is -0.390 e. The van der Waals surface area contributed by atoms with Gasteiger partial charge in [0.2, 0.25) is 5.91 Å². The average molecular weight is 276 g/mol. The van der Waals surface area contributed by atoms with Gasteiger partial charge in [0, 0.05) is 12.4 Å². The van der Waals surface area contributed by atoms with Crippen LogP contribution in [0.15, 0.2) is 18.7 Å². The second-order valence-corrected chi connectivity index (χ2v) is 7.19. The van der Waals surface area contributed by atoms with Crippen LogP contribution in [0.4, 0.5) is 0 Å². The van der Waals surface area contributed by atoms with E-state index in [1.807, 2.05) is 6.92 Å². The van der Waals surface area contributed by atoms with Crippen LogP contribution >= 0.6 is 0 Å². The SMILES string of the molecule is CCC1(C(=O)n2ccnc2)CC2CC(CC(C)(O)C2)C1. The van der Waals surface area contributed by atoms with Gasteiger partial charge in [-0.2, -0.15) is 0 Å². The zero-order valence-corrected chi connectivity index (χ0v) is 12.4. The van der Waals surface area contributed by atoms with Gasteiger partial charge in [-0.05, 0) is 57.3 Å². The first kappa shape index (κ1) is 13.8. The third-order valence-corrected chi connectivity index (χ3v) is 5.35. The Morgan fingerprint density at radius 1 is 1.35 bits per heavy atom. The van der Waals surface area contributed by atoms with E-state index in [-0.39, 0.29) is 11.3 Å². The van der Waals surface area contributed by atoms with Crippen LogP contribution in [-0.4, -0.2) is 26.2 Å². The molecule has 2 fully saturated rings. The molecule has 3 rings (SSSR count). The van der Waals surface area contributed by atoms with Crippen LogP contribution in [0.2, 0.25) is 0 Å². The van der Waals surface area contributed by atoms with Crippen molar-refractivity contribution in [3.05, 3.63) is 18.7 Å². The summed E-state index contributed by atoms with van der Waals surface area (Å²) in [5, 5.41) is 10.3. The molecule has 1 aromatic heterocycles. The van der Waals surface area contributed by atoms with Gasteiger partial charge in [0.1, 0.15) is 6.33 Å². The molecule has 0 saturated heterocycles. The number of rotatable bonds is 2. The number of hydrogen-bond donors (Lipinski definition) is 1. The predicted octanol–water partition coefficient (Wildman–Crippen LogP) is 2.88. The Labute approximate surface area is 120 Å². The van der Waals surface area contributed by atoms with E-state index in [1.54, 1.807) is 23.3 Å². The van der Waals surface area contributed by atoms with Crippen molar-refractivity contribution >= 4 is 5.91 Å². The standard InChI is InChI=1S/C16H24N2O2/c1-3-16(14(19)18-5-4-17-11-18)9-12-6-13(10-16)8-15(2,20)7-12/h4-5,11-13,20H,3,6-10H2,1-2H3. The Morgan fingerprint density at radius 3 is 2.50 bits per heavy atom. The maximum absolute atomic E-state index is 12.9. The molecule has 2 unspecified atom stereocenters. The summed E-state index contributed by atoms with van der Waals surface area (Å²) in [7, 11) is 0. The van der Waals surface area contributed by atoms with E-state index < -0.39 is 5.60 Å². The first-order chi connectivity index (χ1) is 9.44. The summed E-state index contributed by atoms with van der Waals surface area (Å²) in [6, 6.07) is 0. The Morgan fingerprint density at radius 2 is 2.00 bits per heavy atom. The molecule has 1 N–H and O–H groups in total. The third-order valence-electron chi connectivity index (χ3n) is 5.35. The smallest absolute Gasteiger partial charge is 0.238 e. The highest BCUT2D eigenvalue weighted by Gasteiger charge is 2.50. The summed E-state index contributed by atoms with van der Waals surface area (Å²) in [5.41, 5.74) is -0.795. The zero-order valence-electron chi connectivity index (χ0n) is 12.4. The number of hydrogen-bond acceptors (Lipinski definition) is 3. The molecule has 1 heterocycles. The molecular weight excluding hydrogens is 252 g/mol. The van der Waals surface area contributed by atoms with Gasteiger partial charge in [-0.25, -0.2) is 4.98 Å². The minimum atomic E-state index is -0.536. The van der Waals surface area contributed by atoms with Crippen molar-refractivity contribution in [2.24, 2.45) is 17.3 Å². The predicted molar refractivity (Wildman–Crippen MR) is 76.3 cm³/mol. The van der Waals surface area contributed by atoms with E-state index in [0.29, 0.717) is 11.8 Å². The number of carbonyl (C=O) groups is 1. The molecule has 0 radical (unpaired) electrons. The van der Waals surface area contributed by atoms with Gasteiger partial charge in [0.25, 0.3) is 0 Å². The second kappa shape index (κ2) is 4.69. The van der Waals surface area contributed by atoms with E-state index in [1.165, 1.54) is 6.42 Å². The molecular formula is C16H24N2O2. The van der Waals surface area contributed by atoms with Crippen LogP contribution in [0.1, 0.15) is 57.2 Å². The summed E-state index contributed by atoms with van der Waals surface area (Å²) in [6.45, 7) is 4.07. The van der Waals surface area contributed by atoms with Crippen molar-refractivity contribution < 1.29 is 9.90 Å². The maximum Gasteiger partial charge on any atom is 0.238 e. The first-order valence-electron chi connectivity index (χ1n) is 7.69. The van der Waals surface area contributed by atoms with Gasteiger partial charge in [0.05, 0.1) is 11.0 Å². The lowest BCUT2D eigenvalue weighted by atomic mass is 9.56. The molecule has 4 nitrogen and oxygen atoms in total. The molecule has 20 heavy (non-hydrogen) atoms. The third kappa shape index (κ3) is 2.30. The Hall–Kier alpha value is -1.16. The summed E-state index contributed by atoms with van der Waals surface area (Å²) < 4.78 is 1.64. The molecule has 2 bridgehead atoms. The molecule has 110 valence electrons. The van der Waals surface area contributed by atoms with Crippen molar-refractivity contribution in [2.75, 3.05) is 0 Å². The number of aliphatic hydroxyl groups is 1. The lowest BCUT2D eigenvalue weighted by molar-refractivity contribution is -0.0635. The number of carbonyl (C=O) groups excluding carboxylic acids is 1. The first-order valence-corrected chi connectivity index (χ1v) is 7.69. The summed E-state index contributed by atoms with van der Waals surface area (Å²) >= 11 is 0. The number of imidazole rings is 1. The van der Waals surface area contributed by atoms with E-state index in [4.69, 9.17) is 0 Å². The van der Waals surface area contributed by atoms with Crippen molar-refractivity contribution in [2.45, 2.75) is 58.0 Å². The van der Waals surface area contributed by atoms with Gasteiger partial charge in [-0.3, -0.25) is 9.36 Å². The van der Waals surface area contributed by atoms with Crippen LogP contribution in [0.25, 0.3) is 0 Å². The molecule has 0 aliphatic heterocycles. The number of nitrogens with zero attached hydrogens (tertiary/aromatic N) is 2. The molecule has 4 heteroatoms. The Bertz CT molecular complexity index is 477. The molecule has 1 aromatic rings. The maximum atomic E-state index is 12.9. The van der Waals surface area contributed by atoms with E-state index in [2.05, 4.69) is 11.9 Å². The van der Waals surface area contributed by atoms with Crippen LogP contribution < -0.4 is 0 Å². The van der Waals surface area contributed by atoms with Crippen LogP contribution in [-0.2, 0) is 0 Å². The van der Waals surface area contributed by atoms with Crippen LogP contribution in [0.3, 0.4) is 0 Å². The number of aromatic nitrogens is 2. The van der Waals surface area contributed by atoms with Gasteiger partial charge in [0.15, 0.2) is 0 Å². The molecule has 2 saturated carbocycles. The van der Waals surface area contributed by atoms with Gasteiger partial charge >= 0.3 is 0 Å². The lowest BCUT2D eigenvalue weighted by Crippen LogP contribution is -2.48.